The minimum atomic E-state index is -0.481. The number of nitrogens with one attached hydrogen (secondary N) is 2. The van der Waals surface area contributed by atoms with Crippen LogP contribution in [0.15, 0.2) is 0 Å². The maximum Gasteiger partial charge on any atom is 0.314 e. The average molecular weight is 299 g/mol. The minimum absolute atomic E-state index is 0.238. The van der Waals surface area contributed by atoms with Crippen LogP contribution in [0.25, 0.3) is 0 Å². The van der Waals surface area contributed by atoms with Crippen LogP contribution in [0.5, 0.6) is 0 Å². The number of thiazole rings is 1. The van der Waals surface area contributed by atoms with Gasteiger partial charge in [0, 0.05) is 24.4 Å². The van der Waals surface area contributed by atoms with Gasteiger partial charge < -0.3 is 15.7 Å². The summed E-state index contributed by atoms with van der Waals surface area (Å²) in [6.45, 7) is 8.97. The topological polar surface area (TPSA) is 74.2 Å². The van der Waals surface area contributed by atoms with Crippen molar-refractivity contribution in [2.45, 2.75) is 46.6 Å². The predicted octanol–water partition coefficient (Wildman–Crippen LogP) is 2.01. The van der Waals surface area contributed by atoms with E-state index >= 15 is 0 Å². The number of carbonyl (C=O) groups is 1. The van der Waals surface area contributed by atoms with Crippen LogP contribution >= 0.6 is 11.3 Å². The Hall–Kier alpha value is -1.14. The highest BCUT2D eigenvalue weighted by molar-refractivity contribution is 7.11. The molecule has 20 heavy (non-hydrogen) atoms. The van der Waals surface area contributed by atoms with E-state index in [1.807, 2.05) is 27.7 Å². The van der Waals surface area contributed by atoms with E-state index in [4.69, 9.17) is 0 Å². The summed E-state index contributed by atoms with van der Waals surface area (Å²) in [6.07, 6.45) is 0.948. The van der Waals surface area contributed by atoms with E-state index in [9.17, 15) is 9.90 Å². The van der Waals surface area contributed by atoms with Crippen LogP contribution in [0.1, 0.15) is 35.8 Å². The number of aryl methyl sites for hydroxylation is 2. The molecule has 0 aliphatic heterocycles. The van der Waals surface area contributed by atoms with E-state index in [-0.39, 0.29) is 6.03 Å². The van der Waals surface area contributed by atoms with Gasteiger partial charge in [-0.3, -0.25) is 0 Å². The molecule has 0 aromatic carbocycles. The number of aromatic nitrogens is 1. The van der Waals surface area contributed by atoms with Gasteiger partial charge in [0.25, 0.3) is 0 Å². The molecular weight excluding hydrogens is 274 g/mol. The Morgan fingerprint density at radius 1 is 1.35 bits per heavy atom. The van der Waals surface area contributed by atoms with Crippen molar-refractivity contribution >= 4 is 17.4 Å². The molecule has 0 radical (unpaired) electrons. The number of amides is 2. The fraction of sp³-hybridized carbons (Fsp3) is 0.714. The van der Waals surface area contributed by atoms with E-state index in [0.29, 0.717) is 25.4 Å². The summed E-state index contributed by atoms with van der Waals surface area (Å²) in [6, 6.07) is -0.238. The van der Waals surface area contributed by atoms with Crippen LogP contribution < -0.4 is 10.6 Å². The SMILES string of the molecule is Cc1nc(CCNC(=O)NCC(O)CC(C)C)sc1C. The molecule has 1 atom stereocenters. The number of aliphatic hydroxyl groups is 1. The molecule has 1 aromatic rings. The Morgan fingerprint density at radius 3 is 2.60 bits per heavy atom. The molecule has 3 N–H and O–H groups in total. The van der Waals surface area contributed by atoms with Crippen molar-refractivity contribution in [3.05, 3.63) is 15.6 Å². The molecule has 0 saturated carbocycles. The third-order valence-corrected chi connectivity index (χ3v) is 4.07. The van der Waals surface area contributed by atoms with E-state index < -0.39 is 6.10 Å². The zero-order valence-electron chi connectivity index (χ0n) is 12.7. The smallest absolute Gasteiger partial charge is 0.314 e. The van der Waals surface area contributed by atoms with Crippen LogP contribution in [-0.4, -0.2) is 35.3 Å². The Bertz CT molecular complexity index is 413. The van der Waals surface area contributed by atoms with Crippen molar-refractivity contribution in [1.82, 2.24) is 15.6 Å². The van der Waals surface area contributed by atoms with Gasteiger partial charge in [0.05, 0.1) is 16.8 Å². The van der Waals surface area contributed by atoms with Gasteiger partial charge in [-0.05, 0) is 26.2 Å². The Labute approximate surface area is 124 Å². The fourth-order valence-corrected chi connectivity index (χ4v) is 2.76. The van der Waals surface area contributed by atoms with Gasteiger partial charge in [-0.2, -0.15) is 0 Å². The van der Waals surface area contributed by atoms with Gasteiger partial charge in [-0.1, -0.05) is 13.8 Å². The summed E-state index contributed by atoms with van der Waals surface area (Å²) < 4.78 is 0. The molecule has 1 rings (SSSR count). The molecule has 2 amide bonds. The zero-order valence-corrected chi connectivity index (χ0v) is 13.5. The second-order valence-corrected chi connectivity index (χ2v) is 6.71. The molecule has 0 saturated heterocycles. The first kappa shape index (κ1) is 16.9. The first-order valence-corrected chi connectivity index (χ1v) is 7.82. The van der Waals surface area contributed by atoms with Gasteiger partial charge in [-0.25, -0.2) is 9.78 Å². The number of hydrogen-bond donors (Lipinski definition) is 3. The molecule has 1 unspecified atom stereocenters. The summed E-state index contributed by atoms with van der Waals surface area (Å²) in [4.78, 5) is 17.2. The molecule has 0 bridgehead atoms. The standard InChI is InChI=1S/C14H25N3O2S/c1-9(2)7-12(18)8-16-14(19)15-6-5-13-17-10(3)11(4)20-13/h9,12,18H,5-8H2,1-4H3,(H2,15,16,19). The summed E-state index contributed by atoms with van der Waals surface area (Å²) in [5.41, 5.74) is 1.06. The normalized spacial score (nSPS) is 12.5. The molecule has 114 valence electrons. The number of hydrogen-bond acceptors (Lipinski definition) is 4. The quantitative estimate of drug-likeness (QED) is 0.721. The lowest BCUT2D eigenvalue weighted by molar-refractivity contribution is 0.147. The van der Waals surface area contributed by atoms with Crippen LogP contribution in [0, 0.1) is 19.8 Å². The van der Waals surface area contributed by atoms with Gasteiger partial charge in [0.2, 0.25) is 0 Å². The molecule has 1 aromatic heterocycles. The van der Waals surface area contributed by atoms with E-state index in [0.717, 1.165) is 17.1 Å². The van der Waals surface area contributed by atoms with Crippen LogP contribution in [0.2, 0.25) is 0 Å². The number of carbonyl (C=O) groups excluding carboxylic acids is 1. The predicted molar refractivity (Wildman–Crippen MR) is 82.2 cm³/mol. The fourth-order valence-electron chi connectivity index (χ4n) is 1.83. The van der Waals surface area contributed by atoms with Gasteiger partial charge in [0.1, 0.15) is 0 Å². The highest BCUT2D eigenvalue weighted by Gasteiger charge is 2.09. The lowest BCUT2D eigenvalue weighted by atomic mass is 10.1. The monoisotopic (exact) mass is 299 g/mol. The highest BCUT2D eigenvalue weighted by Crippen LogP contribution is 2.16. The molecule has 0 aliphatic rings. The third kappa shape index (κ3) is 6.34. The maximum atomic E-state index is 11.5. The van der Waals surface area contributed by atoms with Gasteiger partial charge in [0.15, 0.2) is 0 Å². The molecule has 1 heterocycles. The number of aliphatic hydroxyl groups excluding tert-OH is 1. The Morgan fingerprint density at radius 2 is 2.05 bits per heavy atom. The van der Waals surface area contributed by atoms with Crippen molar-refractivity contribution in [3.63, 3.8) is 0 Å². The minimum Gasteiger partial charge on any atom is -0.391 e. The second-order valence-electron chi connectivity index (χ2n) is 5.42. The van der Waals surface area contributed by atoms with Crippen molar-refractivity contribution in [3.8, 4) is 0 Å². The van der Waals surface area contributed by atoms with E-state index in [1.54, 1.807) is 11.3 Å². The molecule has 6 heteroatoms. The van der Waals surface area contributed by atoms with E-state index in [2.05, 4.69) is 15.6 Å². The Kier molecular flexibility index (Phi) is 6.95. The van der Waals surface area contributed by atoms with Crippen LogP contribution in [0.4, 0.5) is 4.79 Å². The number of nitrogens with zero attached hydrogens (tertiary/aromatic N) is 1. The maximum absolute atomic E-state index is 11.5. The molecule has 0 fully saturated rings. The van der Waals surface area contributed by atoms with Crippen LogP contribution in [-0.2, 0) is 6.42 Å². The lowest BCUT2D eigenvalue weighted by Crippen LogP contribution is -2.40. The summed E-state index contributed by atoms with van der Waals surface area (Å²) >= 11 is 1.67. The second kappa shape index (κ2) is 8.21. The summed E-state index contributed by atoms with van der Waals surface area (Å²) in [5.74, 6) is 0.422. The third-order valence-electron chi connectivity index (χ3n) is 2.94. The molecule has 0 spiro atoms. The number of rotatable bonds is 7. The van der Waals surface area contributed by atoms with Crippen LogP contribution in [0.3, 0.4) is 0 Å². The molecule has 0 aliphatic carbocycles. The molecular formula is C14H25N3O2S. The van der Waals surface area contributed by atoms with E-state index in [1.165, 1.54) is 4.88 Å². The average Bonchev–Trinajstić information content (AvgIpc) is 2.65. The summed E-state index contributed by atoms with van der Waals surface area (Å²) in [5, 5.41) is 16.1. The number of urea groups is 1. The Balaban J connectivity index is 2.17. The highest BCUT2D eigenvalue weighted by atomic mass is 32.1. The first-order valence-electron chi connectivity index (χ1n) is 7.01. The van der Waals surface area contributed by atoms with Crippen molar-refractivity contribution in [2.24, 2.45) is 5.92 Å². The van der Waals surface area contributed by atoms with Gasteiger partial charge >= 0.3 is 6.03 Å². The van der Waals surface area contributed by atoms with Crippen molar-refractivity contribution in [2.75, 3.05) is 13.1 Å². The van der Waals surface area contributed by atoms with Gasteiger partial charge in [-0.15, -0.1) is 11.3 Å². The largest absolute Gasteiger partial charge is 0.391 e. The first-order chi connectivity index (χ1) is 9.38. The van der Waals surface area contributed by atoms with Crippen molar-refractivity contribution < 1.29 is 9.90 Å². The van der Waals surface area contributed by atoms with Crippen molar-refractivity contribution in [1.29, 1.82) is 0 Å². The lowest BCUT2D eigenvalue weighted by Gasteiger charge is -2.14. The zero-order chi connectivity index (χ0) is 15.1. The molecule has 5 nitrogen and oxygen atoms in total. The summed E-state index contributed by atoms with van der Waals surface area (Å²) in [7, 11) is 0.